The predicted octanol–water partition coefficient (Wildman–Crippen LogP) is 5.37. The lowest BCUT2D eigenvalue weighted by atomic mass is 10.1. The monoisotopic (exact) mass is 413 g/mol. The van der Waals surface area contributed by atoms with E-state index in [2.05, 4.69) is 22.4 Å². The molecule has 1 aromatic heterocycles. The number of benzene rings is 2. The van der Waals surface area contributed by atoms with Gasteiger partial charge in [0, 0.05) is 12.0 Å². The molecule has 0 atom stereocenters. The quantitative estimate of drug-likeness (QED) is 0.537. The average Bonchev–Trinajstić information content (AvgIpc) is 3.17. The molecule has 0 aliphatic heterocycles. The summed E-state index contributed by atoms with van der Waals surface area (Å²) in [7, 11) is 0. The second kappa shape index (κ2) is 9.56. The van der Waals surface area contributed by atoms with Gasteiger partial charge in [-0.05, 0) is 61.7 Å². The minimum Gasteiger partial charge on any atom is -0.484 e. The summed E-state index contributed by atoms with van der Waals surface area (Å²) in [5.74, 6) is 1.49. The molecule has 0 saturated carbocycles. The molecule has 29 heavy (non-hydrogen) atoms. The Morgan fingerprint density at radius 1 is 1.21 bits per heavy atom. The number of carbonyl (C=O) groups excluding carboxylic acids is 1. The number of anilines is 1. The molecule has 0 saturated heterocycles. The number of nitrogens with zero attached hydrogens (tertiary/aromatic N) is 2. The molecule has 1 heterocycles. The van der Waals surface area contributed by atoms with Crippen molar-refractivity contribution in [1.29, 1.82) is 0 Å². The Balaban J connectivity index is 1.56. The lowest BCUT2D eigenvalue weighted by molar-refractivity contribution is -0.118. The van der Waals surface area contributed by atoms with Crippen LogP contribution in [0.15, 0.2) is 40.9 Å². The van der Waals surface area contributed by atoms with Crippen LogP contribution in [0.4, 0.5) is 5.69 Å². The van der Waals surface area contributed by atoms with Gasteiger partial charge in [0.1, 0.15) is 5.75 Å². The van der Waals surface area contributed by atoms with Crippen LogP contribution in [0, 0.1) is 13.8 Å². The molecule has 0 aliphatic carbocycles. The van der Waals surface area contributed by atoms with Crippen molar-refractivity contribution in [1.82, 2.24) is 10.1 Å². The molecule has 152 valence electrons. The maximum Gasteiger partial charge on any atom is 0.262 e. The van der Waals surface area contributed by atoms with E-state index in [1.165, 1.54) is 0 Å². The fourth-order valence-electron chi connectivity index (χ4n) is 2.90. The number of halogens is 1. The molecule has 6 nitrogen and oxygen atoms in total. The topological polar surface area (TPSA) is 77.2 Å². The highest BCUT2D eigenvalue weighted by Crippen LogP contribution is 2.27. The Bertz CT molecular complexity index is 960. The molecule has 0 aliphatic rings. The normalized spacial score (nSPS) is 10.8. The Morgan fingerprint density at radius 3 is 2.66 bits per heavy atom. The van der Waals surface area contributed by atoms with Gasteiger partial charge in [-0.3, -0.25) is 4.79 Å². The number of nitrogens with one attached hydrogen (secondary N) is 1. The van der Waals surface area contributed by atoms with Gasteiger partial charge in [0.2, 0.25) is 11.7 Å². The molecule has 1 amide bonds. The number of unbranched alkanes of at least 4 members (excludes halogenated alkanes) is 1. The highest BCUT2D eigenvalue weighted by Gasteiger charge is 2.11. The van der Waals surface area contributed by atoms with E-state index in [9.17, 15) is 4.79 Å². The Hall–Kier alpha value is -2.86. The first-order valence-electron chi connectivity index (χ1n) is 9.58. The molecule has 0 unspecified atom stereocenters. The fraction of sp³-hybridized carbons (Fsp3) is 0.318. The minimum atomic E-state index is -0.276. The molecular formula is C22H24ClN3O3. The van der Waals surface area contributed by atoms with Gasteiger partial charge in [-0.15, -0.1) is 0 Å². The van der Waals surface area contributed by atoms with Crippen molar-refractivity contribution in [2.45, 2.75) is 40.0 Å². The molecule has 0 fully saturated rings. The van der Waals surface area contributed by atoms with Crippen molar-refractivity contribution in [2.75, 3.05) is 11.9 Å². The minimum absolute atomic E-state index is 0.119. The van der Waals surface area contributed by atoms with Gasteiger partial charge in [0.05, 0.1) is 10.7 Å². The van der Waals surface area contributed by atoms with E-state index in [4.69, 9.17) is 20.9 Å². The summed E-state index contributed by atoms with van der Waals surface area (Å²) in [6, 6.07) is 11.0. The maximum atomic E-state index is 12.2. The van der Waals surface area contributed by atoms with Crippen LogP contribution in [0.5, 0.6) is 5.75 Å². The van der Waals surface area contributed by atoms with E-state index in [1.807, 2.05) is 38.1 Å². The number of amides is 1. The van der Waals surface area contributed by atoms with Crippen molar-refractivity contribution in [3.8, 4) is 17.1 Å². The summed E-state index contributed by atoms with van der Waals surface area (Å²) >= 11 is 6.23. The smallest absolute Gasteiger partial charge is 0.262 e. The Kier molecular flexibility index (Phi) is 6.88. The van der Waals surface area contributed by atoms with Gasteiger partial charge in [0.15, 0.2) is 6.61 Å². The first-order chi connectivity index (χ1) is 14.0. The zero-order chi connectivity index (χ0) is 20.8. The summed E-state index contributed by atoms with van der Waals surface area (Å²) in [6.45, 7) is 5.86. The van der Waals surface area contributed by atoms with Gasteiger partial charge in [0.25, 0.3) is 5.91 Å². The SMILES string of the molecule is CCCCc1nc(-c2ccc(OCC(=O)Nc3c(C)cc(C)cc3Cl)cc2)no1. The van der Waals surface area contributed by atoms with Crippen LogP contribution in [-0.4, -0.2) is 22.7 Å². The third-order valence-electron chi connectivity index (χ3n) is 4.39. The number of hydrogen-bond acceptors (Lipinski definition) is 5. The molecule has 3 aromatic rings. The summed E-state index contributed by atoms with van der Waals surface area (Å²) < 4.78 is 10.8. The Labute approximate surface area is 175 Å². The van der Waals surface area contributed by atoms with E-state index >= 15 is 0 Å². The van der Waals surface area contributed by atoms with Crippen LogP contribution in [-0.2, 0) is 11.2 Å². The maximum absolute atomic E-state index is 12.2. The lowest BCUT2D eigenvalue weighted by Gasteiger charge is -2.12. The average molecular weight is 414 g/mol. The van der Waals surface area contributed by atoms with Crippen LogP contribution in [0.3, 0.4) is 0 Å². The van der Waals surface area contributed by atoms with E-state index in [0.717, 1.165) is 36.0 Å². The highest BCUT2D eigenvalue weighted by molar-refractivity contribution is 6.34. The van der Waals surface area contributed by atoms with Crippen molar-refractivity contribution in [3.05, 3.63) is 58.4 Å². The zero-order valence-corrected chi connectivity index (χ0v) is 17.5. The van der Waals surface area contributed by atoms with Crippen molar-refractivity contribution in [3.63, 3.8) is 0 Å². The second-order valence-electron chi connectivity index (χ2n) is 6.92. The van der Waals surface area contributed by atoms with E-state index in [-0.39, 0.29) is 12.5 Å². The third-order valence-corrected chi connectivity index (χ3v) is 4.69. The van der Waals surface area contributed by atoms with E-state index in [1.54, 1.807) is 12.1 Å². The number of rotatable bonds is 8. The number of aromatic nitrogens is 2. The molecule has 0 bridgehead atoms. The molecule has 3 rings (SSSR count). The molecular weight excluding hydrogens is 390 g/mol. The number of hydrogen-bond donors (Lipinski definition) is 1. The first kappa shape index (κ1) is 20.9. The largest absolute Gasteiger partial charge is 0.484 e. The van der Waals surface area contributed by atoms with Crippen LogP contribution >= 0.6 is 11.6 Å². The van der Waals surface area contributed by atoms with E-state index in [0.29, 0.717) is 28.2 Å². The van der Waals surface area contributed by atoms with Crippen LogP contribution in [0.1, 0.15) is 36.8 Å². The van der Waals surface area contributed by atoms with Crippen molar-refractivity contribution < 1.29 is 14.1 Å². The third kappa shape index (κ3) is 5.57. The summed E-state index contributed by atoms with van der Waals surface area (Å²) in [4.78, 5) is 16.6. The summed E-state index contributed by atoms with van der Waals surface area (Å²) in [5.41, 5.74) is 3.39. The first-order valence-corrected chi connectivity index (χ1v) is 9.96. The van der Waals surface area contributed by atoms with Gasteiger partial charge in [-0.2, -0.15) is 4.98 Å². The van der Waals surface area contributed by atoms with Gasteiger partial charge < -0.3 is 14.6 Å². The van der Waals surface area contributed by atoms with Gasteiger partial charge in [-0.25, -0.2) is 0 Å². The molecule has 0 radical (unpaired) electrons. The molecule has 2 aromatic carbocycles. The summed E-state index contributed by atoms with van der Waals surface area (Å²) in [5, 5.41) is 7.33. The zero-order valence-electron chi connectivity index (χ0n) is 16.8. The lowest BCUT2D eigenvalue weighted by Crippen LogP contribution is -2.21. The standard InChI is InChI=1S/C22H24ClN3O3/c1-4-5-6-20-25-22(26-29-20)16-7-9-17(10-8-16)28-13-19(27)24-21-15(3)11-14(2)12-18(21)23/h7-12H,4-6,13H2,1-3H3,(H,24,27). The van der Waals surface area contributed by atoms with Crippen LogP contribution in [0.2, 0.25) is 5.02 Å². The number of carbonyl (C=O) groups is 1. The number of aryl methyl sites for hydroxylation is 3. The predicted molar refractivity (Wildman–Crippen MR) is 113 cm³/mol. The van der Waals surface area contributed by atoms with Crippen LogP contribution < -0.4 is 10.1 Å². The van der Waals surface area contributed by atoms with E-state index < -0.39 is 0 Å². The Morgan fingerprint density at radius 2 is 1.97 bits per heavy atom. The molecule has 7 heteroatoms. The molecule has 1 N–H and O–H groups in total. The number of ether oxygens (including phenoxy) is 1. The highest BCUT2D eigenvalue weighted by atomic mass is 35.5. The van der Waals surface area contributed by atoms with Gasteiger partial charge >= 0.3 is 0 Å². The molecule has 0 spiro atoms. The van der Waals surface area contributed by atoms with Crippen LogP contribution in [0.25, 0.3) is 11.4 Å². The van der Waals surface area contributed by atoms with Crippen molar-refractivity contribution in [2.24, 2.45) is 0 Å². The van der Waals surface area contributed by atoms with Gasteiger partial charge in [-0.1, -0.05) is 36.2 Å². The second-order valence-corrected chi connectivity index (χ2v) is 7.32. The summed E-state index contributed by atoms with van der Waals surface area (Å²) in [6.07, 6.45) is 2.88. The van der Waals surface area contributed by atoms with Crippen molar-refractivity contribution >= 4 is 23.2 Å². The fourth-order valence-corrected chi connectivity index (χ4v) is 3.27.